The Hall–Kier alpha value is -2.18. The van der Waals surface area contributed by atoms with Crippen LogP contribution in [0.4, 0.5) is 0 Å². The molecule has 0 amide bonds. The van der Waals surface area contributed by atoms with Gasteiger partial charge in [0.2, 0.25) is 5.71 Å². The van der Waals surface area contributed by atoms with Crippen molar-refractivity contribution in [1.29, 1.82) is 5.41 Å². The fourth-order valence-electron chi connectivity index (χ4n) is 0.915. The number of ether oxygens (including phenoxy) is 3. The molecule has 0 fully saturated rings. The van der Waals surface area contributed by atoms with Crippen molar-refractivity contribution in [3.05, 3.63) is 12.2 Å². The molecule has 19 heavy (non-hydrogen) atoms. The van der Waals surface area contributed by atoms with Gasteiger partial charge in [-0.05, 0) is 19.8 Å². The first-order valence-electron chi connectivity index (χ1n) is 5.56. The Morgan fingerprint density at radius 1 is 1.00 bits per heavy atom. The predicted molar refractivity (Wildman–Crippen MR) is 65.7 cm³/mol. The number of nitrogens with one attached hydrogen (secondary N) is 1. The Morgan fingerprint density at radius 2 is 1.47 bits per heavy atom. The lowest BCUT2D eigenvalue weighted by molar-refractivity contribution is -0.142. The maximum Gasteiger partial charge on any atom is 0.363 e. The Labute approximate surface area is 111 Å². The Kier molecular flexibility index (Phi) is 7.83. The summed E-state index contributed by atoms with van der Waals surface area (Å²) in [5.41, 5.74) is -0.533. The van der Waals surface area contributed by atoms with Crippen molar-refractivity contribution in [3.63, 3.8) is 0 Å². The lowest BCUT2D eigenvalue weighted by atomic mass is 10.3. The van der Waals surface area contributed by atoms with Gasteiger partial charge in [0.15, 0.2) is 0 Å². The Balaban J connectivity index is 3.68. The quantitative estimate of drug-likeness (QED) is 0.173. The fourth-order valence-corrected chi connectivity index (χ4v) is 0.915. The number of unbranched alkanes of at least 4 members (excludes halogenated alkanes) is 1. The van der Waals surface area contributed by atoms with Crippen LogP contribution >= 0.6 is 0 Å². The summed E-state index contributed by atoms with van der Waals surface area (Å²) in [5.74, 6) is -2.55. The van der Waals surface area contributed by atoms with Gasteiger partial charge in [0.05, 0.1) is 20.3 Å². The van der Waals surface area contributed by atoms with Crippen molar-refractivity contribution in [3.8, 4) is 0 Å². The maximum atomic E-state index is 11.1. The number of hydrogen-bond donors (Lipinski definition) is 1. The SMILES string of the molecule is C=C(C)C(=O)OCCCCOC(=O)C(=N)C(=O)OC. The number of hydrogen-bond acceptors (Lipinski definition) is 7. The minimum atomic E-state index is -1.04. The van der Waals surface area contributed by atoms with Crippen molar-refractivity contribution in [1.82, 2.24) is 0 Å². The molecule has 1 N–H and O–H groups in total. The van der Waals surface area contributed by atoms with Gasteiger partial charge in [-0.25, -0.2) is 14.4 Å². The summed E-state index contributed by atoms with van der Waals surface area (Å²) in [6.07, 6.45) is 0.946. The zero-order chi connectivity index (χ0) is 14.8. The fraction of sp³-hybridized carbons (Fsp3) is 0.500. The van der Waals surface area contributed by atoms with Crippen LogP contribution in [0.3, 0.4) is 0 Å². The molecule has 0 aromatic rings. The molecule has 0 heterocycles. The minimum Gasteiger partial charge on any atom is -0.464 e. The number of rotatable bonds is 8. The molecule has 106 valence electrons. The second kappa shape index (κ2) is 8.84. The van der Waals surface area contributed by atoms with Gasteiger partial charge in [-0.15, -0.1) is 0 Å². The van der Waals surface area contributed by atoms with Crippen LogP contribution in [0.25, 0.3) is 0 Å². The summed E-state index contributed by atoms with van der Waals surface area (Å²) in [5, 5.41) is 7.09. The molecule has 0 atom stereocenters. The van der Waals surface area contributed by atoms with E-state index in [1.807, 2.05) is 0 Å². The molecule has 0 saturated carbocycles. The summed E-state index contributed by atoms with van der Waals surface area (Å²) in [6.45, 7) is 5.19. The van der Waals surface area contributed by atoms with Gasteiger partial charge in [0.25, 0.3) is 0 Å². The molecule has 0 spiro atoms. The summed E-state index contributed by atoms with van der Waals surface area (Å²) in [6, 6.07) is 0. The van der Waals surface area contributed by atoms with Gasteiger partial charge in [-0.1, -0.05) is 6.58 Å². The van der Waals surface area contributed by atoms with Crippen LogP contribution in [0.1, 0.15) is 19.8 Å². The van der Waals surface area contributed by atoms with Crippen LogP contribution < -0.4 is 0 Å². The highest BCUT2D eigenvalue weighted by Gasteiger charge is 2.20. The van der Waals surface area contributed by atoms with Crippen LogP contribution in [0.15, 0.2) is 12.2 Å². The molecule has 0 aromatic heterocycles. The van der Waals surface area contributed by atoms with Gasteiger partial charge in [0, 0.05) is 5.57 Å². The van der Waals surface area contributed by atoms with Crippen LogP contribution in [0, 0.1) is 5.41 Å². The average molecular weight is 271 g/mol. The molecule has 7 heteroatoms. The molecule has 0 unspecified atom stereocenters. The third kappa shape index (κ3) is 6.97. The topological polar surface area (TPSA) is 103 Å². The minimum absolute atomic E-state index is 0.0306. The molecule has 7 nitrogen and oxygen atoms in total. The van der Waals surface area contributed by atoms with E-state index in [9.17, 15) is 14.4 Å². The summed E-state index contributed by atoms with van der Waals surface area (Å²) in [4.78, 5) is 32.9. The first-order valence-corrected chi connectivity index (χ1v) is 5.56. The van der Waals surface area contributed by atoms with Crippen LogP contribution in [0.5, 0.6) is 0 Å². The zero-order valence-electron chi connectivity index (χ0n) is 11.0. The van der Waals surface area contributed by atoms with Crippen LogP contribution in [-0.4, -0.2) is 43.9 Å². The van der Waals surface area contributed by atoms with Gasteiger partial charge in [0.1, 0.15) is 0 Å². The van der Waals surface area contributed by atoms with E-state index in [-0.39, 0.29) is 13.2 Å². The molecule has 0 bridgehead atoms. The molecular weight excluding hydrogens is 254 g/mol. The number of carbonyl (C=O) groups is 3. The largest absolute Gasteiger partial charge is 0.464 e. The highest BCUT2D eigenvalue weighted by atomic mass is 16.6. The number of esters is 3. The van der Waals surface area contributed by atoms with Crippen molar-refractivity contribution >= 4 is 23.6 Å². The molecule has 0 aromatic carbocycles. The Bertz CT molecular complexity index is 388. The van der Waals surface area contributed by atoms with Gasteiger partial charge >= 0.3 is 17.9 Å². The van der Waals surface area contributed by atoms with E-state index >= 15 is 0 Å². The van der Waals surface area contributed by atoms with Gasteiger partial charge in [-0.2, -0.15) is 0 Å². The monoisotopic (exact) mass is 271 g/mol. The number of methoxy groups -OCH3 is 1. The second-order valence-corrected chi connectivity index (χ2v) is 3.63. The predicted octanol–water partition coefficient (Wildman–Crippen LogP) is 0.622. The lowest BCUT2D eigenvalue weighted by Gasteiger charge is -2.05. The second-order valence-electron chi connectivity index (χ2n) is 3.63. The molecule has 0 saturated heterocycles. The smallest absolute Gasteiger partial charge is 0.363 e. The van der Waals surface area contributed by atoms with E-state index in [4.69, 9.17) is 10.1 Å². The normalized spacial score (nSPS) is 9.37. The van der Waals surface area contributed by atoms with Crippen molar-refractivity contribution < 1.29 is 28.6 Å². The van der Waals surface area contributed by atoms with E-state index in [0.717, 1.165) is 7.11 Å². The van der Waals surface area contributed by atoms with Crippen molar-refractivity contribution in [2.75, 3.05) is 20.3 Å². The highest BCUT2D eigenvalue weighted by molar-refractivity contribution is 6.61. The first kappa shape index (κ1) is 16.8. The van der Waals surface area contributed by atoms with E-state index in [1.165, 1.54) is 0 Å². The van der Waals surface area contributed by atoms with Crippen LogP contribution in [0.2, 0.25) is 0 Å². The van der Waals surface area contributed by atoms with E-state index in [0.29, 0.717) is 18.4 Å². The first-order chi connectivity index (χ1) is 8.90. The molecule has 0 rings (SSSR count). The molecule has 0 radical (unpaired) electrons. The lowest BCUT2D eigenvalue weighted by Crippen LogP contribution is -2.26. The van der Waals surface area contributed by atoms with Crippen molar-refractivity contribution in [2.45, 2.75) is 19.8 Å². The summed E-state index contributed by atoms with van der Waals surface area (Å²) < 4.78 is 13.7. The Morgan fingerprint density at radius 3 is 1.89 bits per heavy atom. The summed E-state index contributed by atoms with van der Waals surface area (Å²) >= 11 is 0. The van der Waals surface area contributed by atoms with Crippen molar-refractivity contribution in [2.24, 2.45) is 0 Å². The molecular formula is C12H17NO6. The summed E-state index contributed by atoms with van der Waals surface area (Å²) in [7, 11) is 1.07. The van der Waals surface area contributed by atoms with Crippen LogP contribution in [-0.2, 0) is 28.6 Å². The third-order valence-corrected chi connectivity index (χ3v) is 1.95. The average Bonchev–Trinajstić information content (AvgIpc) is 2.39. The van der Waals surface area contributed by atoms with E-state index in [1.54, 1.807) is 6.92 Å². The van der Waals surface area contributed by atoms with Gasteiger partial charge < -0.3 is 14.2 Å². The molecule has 0 aliphatic rings. The van der Waals surface area contributed by atoms with Gasteiger partial charge in [-0.3, -0.25) is 5.41 Å². The van der Waals surface area contributed by atoms with E-state index < -0.39 is 23.6 Å². The highest BCUT2D eigenvalue weighted by Crippen LogP contribution is 1.97. The molecule has 0 aliphatic carbocycles. The maximum absolute atomic E-state index is 11.1. The molecule has 0 aliphatic heterocycles. The van der Waals surface area contributed by atoms with E-state index in [2.05, 4.69) is 16.1 Å². The number of carbonyl (C=O) groups excluding carboxylic acids is 3. The third-order valence-electron chi connectivity index (χ3n) is 1.95. The zero-order valence-corrected chi connectivity index (χ0v) is 11.0. The standard InChI is InChI=1S/C12H17NO6/c1-8(2)10(14)18-6-4-5-7-19-12(16)9(13)11(15)17-3/h13H,1,4-7H2,2-3H3.